The molecular weight excluding hydrogens is 769 g/mol. The van der Waals surface area contributed by atoms with E-state index in [0.717, 1.165) is 83.5 Å². The van der Waals surface area contributed by atoms with Gasteiger partial charge in [-0.25, -0.2) is 0 Å². The van der Waals surface area contributed by atoms with Crippen LogP contribution in [0.2, 0.25) is 0 Å². The van der Waals surface area contributed by atoms with Crippen molar-refractivity contribution < 1.29 is 28.6 Å². The smallest absolute Gasteiger partial charge is 0.306 e. The molecule has 0 heterocycles. The number of ether oxygens (including phenoxy) is 3. The molecule has 0 aromatic rings. The minimum absolute atomic E-state index is 0.0769. The van der Waals surface area contributed by atoms with Crippen LogP contribution >= 0.6 is 0 Å². The Balaban J connectivity index is 4.17. The lowest BCUT2D eigenvalue weighted by Crippen LogP contribution is -2.30. The highest BCUT2D eigenvalue weighted by Crippen LogP contribution is 2.15. The number of hydrogen-bond acceptors (Lipinski definition) is 6. The summed E-state index contributed by atoms with van der Waals surface area (Å²) in [5.74, 6) is -0.891. The zero-order valence-corrected chi connectivity index (χ0v) is 41.1. The van der Waals surface area contributed by atoms with Gasteiger partial charge in [0, 0.05) is 19.3 Å². The Morgan fingerprint density at radius 3 is 1.00 bits per heavy atom. The van der Waals surface area contributed by atoms with Crippen LogP contribution in [0.4, 0.5) is 0 Å². The van der Waals surface area contributed by atoms with Gasteiger partial charge in [-0.1, -0.05) is 223 Å². The van der Waals surface area contributed by atoms with E-state index in [1.54, 1.807) is 0 Å². The van der Waals surface area contributed by atoms with Crippen LogP contribution in [0.3, 0.4) is 0 Å². The minimum atomic E-state index is -0.774. The predicted molar refractivity (Wildman–Crippen MR) is 265 cm³/mol. The van der Waals surface area contributed by atoms with E-state index in [0.29, 0.717) is 19.3 Å². The molecule has 0 aromatic carbocycles. The van der Waals surface area contributed by atoms with Gasteiger partial charge in [-0.2, -0.15) is 0 Å². The lowest BCUT2D eigenvalue weighted by molar-refractivity contribution is -0.167. The molecule has 62 heavy (non-hydrogen) atoms. The third kappa shape index (κ3) is 48.4. The van der Waals surface area contributed by atoms with Crippen LogP contribution in [-0.2, 0) is 28.6 Å². The molecule has 0 radical (unpaired) electrons. The Kier molecular flexibility index (Phi) is 48.8. The average molecular weight is 869 g/mol. The molecule has 0 bridgehead atoms. The summed E-state index contributed by atoms with van der Waals surface area (Å²) < 4.78 is 16.7. The van der Waals surface area contributed by atoms with Gasteiger partial charge in [0.25, 0.3) is 0 Å². The Morgan fingerprint density at radius 2 is 0.629 bits per heavy atom. The van der Waals surface area contributed by atoms with E-state index in [2.05, 4.69) is 69.4 Å². The Bertz CT molecular complexity index is 1090. The highest BCUT2D eigenvalue weighted by molar-refractivity contribution is 5.71. The molecule has 0 aliphatic heterocycles. The maximum absolute atomic E-state index is 12.8. The van der Waals surface area contributed by atoms with Crippen LogP contribution in [-0.4, -0.2) is 37.2 Å². The highest BCUT2D eigenvalue weighted by atomic mass is 16.6. The van der Waals surface area contributed by atoms with Gasteiger partial charge in [0.05, 0.1) is 0 Å². The van der Waals surface area contributed by atoms with Crippen LogP contribution < -0.4 is 0 Å². The molecule has 6 nitrogen and oxygen atoms in total. The van der Waals surface area contributed by atoms with Gasteiger partial charge >= 0.3 is 17.9 Å². The Morgan fingerprint density at radius 1 is 0.339 bits per heavy atom. The van der Waals surface area contributed by atoms with Gasteiger partial charge in [-0.15, -0.1) is 0 Å². The number of esters is 3. The molecule has 0 saturated carbocycles. The van der Waals surface area contributed by atoms with Crippen molar-refractivity contribution in [1.82, 2.24) is 0 Å². The molecule has 0 rings (SSSR count). The van der Waals surface area contributed by atoms with Crippen molar-refractivity contribution in [3.05, 3.63) is 48.6 Å². The van der Waals surface area contributed by atoms with Gasteiger partial charge in [-0.3, -0.25) is 14.4 Å². The first-order chi connectivity index (χ1) is 30.5. The van der Waals surface area contributed by atoms with E-state index >= 15 is 0 Å². The number of unbranched alkanes of at least 4 members (excludes halogenated alkanes) is 29. The molecule has 360 valence electrons. The summed E-state index contributed by atoms with van der Waals surface area (Å²) in [7, 11) is 0. The first kappa shape index (κ1) is 59.4. The molecule has 0 aliphatic rings. The second-order valence-electron chi connectivity index (χ2n) is 17.8. The second-order valence-corrected chi connectivity index (χ2v) is 17.8. The molecule has 0 spiro atoms. The SMILES string of the molecule is CC/C=C\C/C=C\C/C=C\CCCCCCCCCC(=O)OC(COC(=O)CCCCCCCC)COC(=O)CCCCCCCCCCC/C=C\CCCCCCCCCC. The Labute approximate surface area is 384 Å². The molecule has 1 atom stereocenters. The van der Waals surface area contributed by atoms with Crippen LogP contribution in [0.5, 0.6) is 0 Å². The number of hydrogen-bond donors (Lipinski definition) is 0. The van der Waals surface area contributed by atoms with Crippen molar-refractivity contribution in [3.8, 4) is 0 Å². The van der Waals surface area contributed by atoms with Crippen molar-refractivity contribution in [2.75, 3.05) is 13.2 Å². The summed E-state index contributed by atoms with van der Waals surface area (Å²) in [6.45, 7) is 6.48. The van der Waals surface area contributed by atoms with Crippen molar-refractivity contribution in [2.45, 2.75) is 277 Å². The van der Waals surface area contributed by atoms with E-state index in [1.807, 2.05) is 0 Å². The molecule has 0 amide bonds. The second kappa shape index (κ2) is 51.0. The maximum atomic E-state index is 12.8. The molecule has 1 unspecified atom stereocenters. The standard InChI is InChI=1S/C56H100O6/c1-4-7-10-13-16-18-20-22-24-26-27-28-29-31-32-34-36-38-40-43-46-49-55(58)61-52-53(51-60-54(57)48-45-42-15-12-9-6-3)62-56(59)50-47-44-41-39-37-35-33-30-25-23-21-19-17-14-11-8-5-2/h8,11,17,19,23,25-27,53H,4-7,9-10,12-16,18,20-22,24,28-52H2,1-3H3/b11-8-,19-17-,25-23-,27-26-. The van der Waals surface area contributed by atoms with E-state index in [4.69, 9.17) is 14.2 Å². The van der Waals surface area contributed by atoms with E-state index in [-0.39, 0.29) is 31.1 Å². The van der Waals surface area contributed by atoms with Crippen molar-refractivity contribution in [1.29, 1.82) is 0 Å². The number of carbonyl (C=O) groups is 3. The molecule has 0 aliphatic carbocycles. The van der Waals surface area contributed by atoms with Gasteiger partial charge in [0.1, 0.15) is 13.2 Å². The molecular formula is C56H100O6. The molecule has 0 fully saturated rings. The zero-order chi connectivity index (χ0) is 45.1. The minimum Gasteiger partial charge on any atom is -0.462 e. The van der Waals surface area contributed by atoms with Crippen LogP contribution in [0.25, 0.3) is 0 Å². The lowest BCUT2D eigenvalue weighted by atomic mass is 10.1. The fourth-order valence-corrected chi connectivity index (χ4v) is 7.57. The van der Waals surface area contributed by atoms with Crippen LogP contribution in [0, 0.1) is 0 Å². The summed E-state index contributed by atoms with van der Waals surface area (Å²) in [6, 6.07) is 0. The van der Waals surface area contributed by atoms with Crippen LogP contribution in [0.15, 0.2) is 48.6 Å². The fourth-order valence-electron chi connectivity index (χ4n) is 7.57. The summed E-state index contributed by atoms with van der Waals surface area (Å²) in [4.78, 5) is 37.8. The number of carbonyl (C=O) groups excluding carboxylic acids is 3. The van der Waals surface area contributed by atoms with Crippen LogP contribution in [0.1, 0.15) is 271 Å². The monoisotopic (exact) mass is 869 g/mol. The van der Waals surface area contributed by atoms with Crippen molar-refractivity contribution >= 4 is 17.9 Å². The maximum Gasteiger partial charge on any atom is 0.306 e. The fraction of sp³-hybridized carbons (Fsp3) is 0.804. The van der Waals surface area contributed by atoms with E-state index < -0.39 is 6.10 Å². The summed E-state index contributed by atoms with van der Waals surface area (Å²) in [6.07, 6.45) is 61.3. The number of allylic oxidation sites excluding steroid dienone is 8. The van der Waals surface area contributed by atoms with E-state index in [9.17, 15) is 14.4 Å². The van der Waals surface area contributed by atoms with Crippen molar-refractivity contribution in [3.63, 3.8) is 0 Å². The summed E-state index contributed by atoms with van der Waals surface area (Å²) in [5.41, 5.74) is 0. The largest absolute Gasteiger partial charge is 0.462 e. The van der Waals surface area contributed by atoms with Gasteiger partial charge in [-0.05, 0) is 77.0 Å². The first-order valence-corrected chi connectivity index (χ1v) is 26.6. The van der Waals surface area contributed by atoms with Gasteiger partial charge in [0.15, 0.2) is 6.10 Å². The normalized spacial score (nSPS) is 12.4. The lowest BCUT2D eigenvalue weighted by Gasteiger charge is -2.18. The zero-order valence-electron chi connectivity index (χ0n) is 41.1. The average Bonchev–Trinajstić information content (AvgIpc) is 3.27. The highest BCUT2D eigenvalue weighted by Gasteiger charge is 2.19. The molecule has 0 saturated heterocycles. The van der Waals surface area contributed by atoms with Gasteiger partial charge < -0.3 is 14.2 Å². The summed E-state index contributed by atoms with van der Waals surface area (Å²) in [5, 5.41) is 0. The third-order valence-corrected chi connectivity index (χ3v) is 11.6. The Hall–Kier alpha value is -2.63. The summed E-state index contributed by atoms with van der Waals surface area (Å²) >= 11 is 0. The molecule has 0 aromatic heterocycles. The molecule has 0 N–H and O–H groups in total. The topological polar surface area (TPSA) is 78.9 Å². The third-order valence-electron chi connectivity index (χ3n) is 11.6. The van der Waals surface area contributed by atoms with E-state index in [1.165, 1.54) is 148 Å². The van der Waals surface area contributed by atoms with Crippen molar-refractivity contribution in [2.24, 2.45) is 0 Å². The number of rotatable bonds is 48. The quantitative estimate of drug-likeness (QED) is 0.0262. The molecule has 6 heteroatoms. The predicted octanol–water partition coefficient (Wildman–Crippen LogP) is 17.5. The van der Waals surface area contributed by atoms with Gasteiger partial charge in [0.2, 0.25) is 0 Å². The first-order valence-electron chi connectivity index (χ1n) is 26.6.